The van der Waals surface area contributed by atoms with E-state index in [1.165, 1.54) is 7.11 Å². The average Bonchev–Trinajstić information content (AvgIpc) is 2.52. The standard InChI is InChI=1S/C19H27NO3Si/c1-19(2,3)24(5,6)23-17(12-18(21)22-4)15-8-7-14-9-10-20-13-16(14)11-15/h7-11,13,17H,12H2,1-6H3/t17-/m0/s1. The first-order valence-corrected chi connectivity index (χ1v) is 11.1. The van der Waals surface area contributed by atoms with Gasteiger partial charge in [0.15, 0.2) is 8.32 Å². The molecule has 0 aliphatic carbocycles. The number of hydrogen-bond acceptors (Lipinski definition) is 4. The maximum absolute atomic E-state index is 11.9. The lowest BCUT2D eigenvalue weighted by molar-refractivity contribution is -0.142. The van der Waals surface area contributed by atoms with Gasteiger partial charge in [-0.3, -0.25) is 9.78 Å². The van der Waals surface area contributed by atoms with Crippen molar-refractivity contribution in [2.24, 2.45) is 0 Å². The number of esters is 1. The van der Waals surface area contributed by atoms with Crippen LogP contribution in [0.3, 0.4) is 0 Å². The van der Waals surface area contributed by atoms with E-state index in [4.69, 9.17) is 9.16 Å². The molecule has 1 aromatic carbocycles. The Morgan fingerprint density at radius 1 is 1.21 bits per heavy atom. The van der Waals surface area contributed by atoms with Gasteiger partial charge in [0.1, 0.15) is 0 Å². The van der Waals surface area contributed by atoms with Gasteiger partial charge in [-0.15, -0.1) is 0 Å². The normalized spacial score (nSPS) is 13.8. The van der Waals surface area contributed by atoms with Crippen molar-refractivity contribution in [3.63, 3.8) is 0 Å². The minimum Gasteiger partial charge on any atom is -0.469 e. The molecule has 0 saturated carbocycles. The minimum absolute atomic E-state index is 0.0692. The largest absolute Gasteiger partial charge is 0.469 e. The first kappa shape index (κ1) is 18.6. The zero-order valence-corrected chi connectivity index (χ0v) is 16.4. The zero-order valence-electron chi connectivity index (χ0n) is 15.4. The molecule has 130 valence electrons. The predicted molar refractivity (Wildman–Crippen MR) is 99.4 cm³/mol. The molecule has 0 spiro atoms. The summed E-state index contributed by atoms with van der Waals surface area (Å²) >= 11 is 0. The Morgan fingerprint density at radius 3 is 2.54 bits per heavy atom. The second kappa shape index (κ2) is 7.03. The first-order valence-electron chi connectivity index (χ1n) is 8.22. The molecular weight excluding hydrogens is 318 g/mol. The molecule has 1 heterocycles. The highest BCUT2D eigenvalue weighted by Crippen LogP contribution is 2.40. The molecule has 0 saturated heterocycles. The van der Waals surface area contributed by atoms with Crippen molar-refractivity contribution in [3.05, 3.63) is 42.2 Å². The van der Waals surface area contributed by atoms with E-state index in [2.05, 4.69) is 44.9 Å². The number of nitrogens with zero attached hydrogens (tertiary/aromatic N) is 1. The van der Waals surface area contributed by atoms with E-state index in [1.54, 1.807) is 6.20 Å². The third kappa shape index (κ3) is 4.22. The second-order valence-corrected chi connectivity index (χ2v) is 12.4. The number of carbonyl (C=O) groups excluding carboxylic acids is 1. The maximum Gasteiger partial charge on any atom is 0.308 e. The van der Waals surface area contributed by atoms with Crippen LogP contribution < -0.4 is 0 Å². The molecule has 1 atom stereocenters. The van der Waals surface area contributed by atoms with Gasteiger partial charge in [0, 0.05) is 17.8 Å². The molecule has 1 aromatic heterocycles. The predicted octanol–water partition coefficient (Wildman–Crippen LogP) is 4.86. The third-order valence-electron chi connectivity index (χ3n) is 4.86. The van der Waals surface area contributed by atoms with E-state index in [0.717, 1.165) is 16.3 Å². The summed E-state index contributed by atoms with van der Waals surface area (Å²) < 4.78 is 11.4. The highest BCUT2D eigenvalue weighted by atomic mass is 28.4. The molecule has 0 radical (unpaired) electrons. The van der Waals surface area contributed by atoms with E-state index < -0.39 is 8.32 Å². The Kier molecular flexibility index (Phi) is 5.45. The fourth-order valence-corrected chi connectivity index (χ4v) is 3.58. The van der Waals surface area contributed by atoms with Crippen LogP contribution in [0.5, 0.6) is 0 Å². The smallest absolute Gasteiger partial charge is 0.308 e. The van der Waals surface area contributed by atoms with Crippen molar-refractivity contribution < 1.29 is 14.0 Å². The molecule has 2 rings (SSSR count). The quantitative estimate of drug-likeness (QED) is 0.573. The Balaban J connectivity index is 2.38. The molecule has 0 aliphatic rings. The highest BCUT2D eigenvalue weighted by molar-refractivity contribution is 6.74. The fraction of sp³-hybridized carbons (Fsp3) is 0.474. The number of pyridine rings is 1. The van der Waals surface area contributed by atoms with Gasteiger partial charge in [0.05, 0.1) is 19.6 Å². The van der Waals surface area contributed by atoms with Gasteiger partial charge in [0.2, 0.25) is 0 Å². The molecule has 0 aliphatic heterocycles. The lowest BCUT2D eigenvalue weighted by atomic mass is 10.0. The number of carbonyl (C=O) groups is 1. The average molecular weight is 346 g/mol. The van der Waals surface area contributed by atoms with Crippen LogP contribution in [-0.2, 0) is 14.0 Å². The Labute approximate surface area is 145 Å². The van der Waals surface area contributed by atoms with Crippen molar-refractivity contribution >= 4 is 25.1 Å². The number of hydrogen-bond donors (Lipinski definition) is 0. The van der Waals surface area contributed by atoms with Gasteiger partial charge < -0.3 is 9.16 Å². The Bertz CT molecular complexity index is 722. The van der Waals surface area contributed by atoms with Gasteiger partial charge in [0.25, 0.3) is 0 Å². The summed E-state index contributed by atoms with van der Waals surface area (Å²) in [6.45, 7) is 11.0. The number of ether oxygens (including phenoxy) is 1. The lowest BCUT2D eigenvalue weighted by Gasteiger charge is -2.39. The van der Waals surface area contributed by atoms with Crippen LogP contribution in [0.25, 0.3) is 10.8 Å². The number of aromatic nitrogens is 1. The molecule has 5 heteroatoms. The number of benzene rings is 1. The van der Waals surface area contributed by atoms with Gasteiger partial charge in [-0.2, -0.15) is 0 Å². The molecule has 0 N–H and O–H groups in total. The van der Waals surface area contributed by atoms with E-state index in [0.29, 0.717) is 0 Å². The Hall–Kier alpha value is -1.72. The second-order valence-electron chi connectivity index (χ2n) is 7.63. The zero-order chi connectivity index (χ0) is 18.0. The molecular formula is C19H27NO3Si. The van der Waals surface area contributed by atoms with Crippen LogP contribution in [0.2, 0.25) is 18.1 Å². The molecule has 0 bridgehead atoms. The summed E-state index contributed by atoms with van der Waals surface area (Å²) in [4.78, 5) is 16.1. The molecule has 0 unspecified atom stereocenters. The summed E-state index contributed by atoms with van der Waals surface area (Å²) in [5.74, 6) is -0.259. The molecule has 0 fully saturated rings. The van der Waals surface area contributed by atoms with E-state index in [-0.39, 0.29) is 23.5 Å². The number of rotatable bonds is 5. The monoisotopic (exact) mass is 345 g/mol. The summed E-state index contributed by atoms with van der Waals surface area (Å²) in [5.41, 5.74) is 0.991. The van der Waals surface area contributed by atoms with Crippen molar-refractivity contribution in [2.75, 3.05) is 7.11 Å². The summed E-state index contributed by atoms with van der Waals surface area (Å²) in [7, 11) is -0.609. The fourth-order valence-electron chi connectivity index (χ4n) is 2.30. The lowest BCUT2D eigenvalue weighted by Crippen LogP contribution is -2.42. The van der Waals surface area contributed by atoms with E-state index in [1.807, 2.05) is 24.4 Å². The highest BCUT2D eigenvalue weighted by Gasteiger charge is 2.40. The number of methoxy groups -OCH3 is 1. The third-order valence-corrected chi connectivity index (χ3v) is 9.35. The Morgan fingerprint density at radius 2 is 1.92 bits per heavy atom. The summed E-state index contributed by atoms with van der Waals surface area (Å²) in [6.07, 6.45) is 3.53. The van der Waals surface area contributed by atoms with Gasteiger partial charge in [-0.25, -0.2) is 0 Å². The molecule has 2 aromatic rings. The topological polar surface area (TPSA) is 48.4 Å². The van der Waals surface area contributed by atoms with Crippen molar-refractivity contribution in [1.82, 2.24) is 4.98 Å². The van der Waals surface area contributed by atoms with Crippen molar-refractivity contribution in [3.8, 4) is 0 Å². The van der Waals surface area contributed by atoms with Crippen molar-refractivity contribution in [1.29, 1.82) is 0 Å². The van der Waals surface area contributed by atoms with Crippen LogP contribution in [-0.4, -0.2) is 26.4 Å². The SMILES string of the molecule is COC(=O)C[C@H](O[Si](C)(C)C(C)(C)C)c1ccc2ccncc2c1. The van der Waals surface area contributed by atoms with Crippen LogP contribution in [0.1, 0.15) is 38.9 Å². The van der Waals surface area contributed by atoms with Gasteiger partial charge in [-0.05, 0) is 41.2 Å². The van der Waals surface area contributed by atoms with Gasteiger partial charge in [-0.1, -0.05) is 32.9 Å². The summed E-state index contributed by atoms with van der Waals surface area (Å²) in [6, 6.07) is 8.11. The molecule has 24 heavy (non-hydrogen) atoms. The van der Waals surface area contributed by atoms with Crippen LogP contribution in [0.4, 0.5) is 0 Å². The molecule has 4 nitrogen and oxygen atoms in total. The van der Waals surface area contributed by atoms with Gasteiger partial charge >= 0.3 is 5.97 Å². The van der Waals surface area contributed by atoms with Crippen LogP contribution in [0.15, 0.2) is 36.7 Å². The maximum atomic E-state index is 11.9. The summed E-state index contributed by atoms with van der Waals surface area (Å²) in [5, 5.41) is 2.24. The minimum atomic E-state index is -2.02. The van der Waals surface area contributed by atoms with Crippen molar-refractivity contribution in [2.45, 2.75) is 51.4 Å². The van der Waals surface area contributed by atoms with E-state index in [9.17, 15) is 4.79 Å². The molecule has 0 amide bonds. The van der Waals surface area contributed by atoms with E-state index >= 15 is 0 Å². The van der Waals surface area contributed by atoms with Crippen LogP contribution in [0, 0.1) is 0 Å². The van der Waals surface area contributed by atoms with Crippen LogP contribution >= 0.6 is 0 Å². The number of fused-ring (bicyclic) bond motifs is 1. The first-order chi connectivity index (χ1) is 11.1.